The van der Waals surface area contributed by atoms with E-state index in [0.717, 1.165) is 30.2 Å². The van der Waals surface area contributed by atoms with Crippen LogP contribution in [0.5, 0.6) is 0 Å². The first-order valence-electron chi connectivity index (χ1n) is 5.08. The van der Waals surface area contributed by atoms with Crippen LogP contribution in [0.1, 0.15) is 19.8 Å². The highest BCUT2D eigenvalue weighted by Crippen LogP contribution is 2.40. The zero-order valence-corrected chi connectivity index (χ0v) is 8.56. The summed E-state index contributed by atoms with van der Waals surface area (Å²) in [6.07, 6.45) is 2.92. The summed E-state index contributed by atoms with van der Waals surface area (Å²) in [5.41, 5.74) is 0. The van der Waals surface area contributed by atoms with Crippen LogP contribution in [0.3, 0.4) is 0 Å². The van der Waals surface area contributed by atoms with Gasteiger partial charge in [-0.15, -0.1) is 11.6 Å². The molecule has 1 nitrogen and oxygen atoms in total. The first-order chi connectivity index (χ1) is 5.79. The molecule has 0 bridgehead atoms. The topological polar surface area (TPSA) is 3.24 Å². The molecule has 0 spiro atoms. The summed E-state index contributed by atoms with van der Waals surface area (Å²) in [6, 6.07) is 0. The van der Waals surface area contributed by atoms with Crippen LogP contribution in [-0.4, -0.2) is 30.4 Å². The third kappa shape index (κ3) is 1.62. The van der Waals surface area contributed by atoms with Crippen molar-refractivity contribution in [2.45, 2.75) is 19.8 Å². The quantitative estimate of drug-likeness (QED) is 0.600. The zero-order valence-electron chi connectivity index (χ0n) is 7.80. The normalized spacial score (nSPS) is 42.0. The van der Waals surface area contributed by atoms with E-state index in [4.69, 9.17) is 11.6 Å². The van der Waals surface area contributed by atoms with Gasteiger partial charge in [0.2, 0.25) is 0 Å². The van der Waals surface area contributed by atoms with Crippen LogP contribution in [0.2, 0.25) is 0 Å². The molecular formula is C10H18ClN. The third-order valence-electron chi connectivity index (χ3n) is 3.46. The molecule has 0 aromatic carbocycles. The molecule has 0 aromatic heterocycles. The minimum Gasteiger partial charge on any atom is -0.302 e. The molecule has 2 aliphatic rings. The molecule has 2 heteroatoms. The van der Waals surface area contributed by atoms with Gasteiger partial charge in [0, 0.05) is 25.5 Å². The average Bonchev–Trinajstić information content (AvgIpc) is 2.44. The van der Waals surface area contributed by atoms with Gasteiger partial charge in [-0.1, -0.05) is 6.92 Å². The van der Waals surface area contributed by atoms with Gasteiger partial charge in [-0.2, -0.15) is 0 Å². The molecule has 1 heterocycles. The first kappa shape index (κ1) is 8.83. The lowest BCUT2D eigenvalue weighted by molar-refractivity contribution is 0.318. The molecule has 2 unspecified atom stereocenters. The van der Waals surface area contributed by atoms with Crippen LogP contribution in [0.15, 0.2) is 0 Å². The number of hydrogen-bond donors (Lipinski definition) is 0. The summed E-state index contributed by atoms with van der Waals surface area (Å²) in [5.74, 6) is 3.79. The van der Waals surface area contributed by atoms with E-state index in [9.17, 15) is 0 Å². The molecule has 1 saturated carbocycles. The van der Waals surface area contributed by atoms with Crippen LogP contribution >= 0.6 is 11.6 Å². The number of fused-ring (bicyclic) bond motifs is 1. The molecule has 70 valence electrons. The Hall–Kier alpha value is 0.250. The van der Waals surface area contributed by atoms with Crippen molar-refractivity contribution < 1.29 is 0 Å². The van der Waals surface area contributed by atoms with Gasteiger partial charge in [-0.05, 0) is 30.6 Å². The van der Waals surface area contributed by atoms with E-state index in [1.165, 1.54) is 25.9 Å². The van der Waals surface area contributed by atoms with Crippen LogP contribution < -0.4 is 0 Å². The molecule has 2 rings (SSSR count). The van der Waals surface area contributed by atoms with Gasteiger partial charge in [-0.25, -0.2) is 0 Å². The van der Waals surface area contributed by atoms with E-state index < -0.39 is 0 Å². The van der Waals surface area contributed by atoms with Crippen LogP contribution in [0.25, 0.3) is 0 Å². The summed E-state index contributed by atoms with van der Waals surface area (Å²) in [5, 5.41) is 0. The molecule has 1 aliphatic carbocycles. The molecule has 1 saturated heterocycles. The Balaban J connectivity index is 1.85. The summed E-state index contributed by atoms with van der Waals surface area (Å²) in [7, 11) is 0. The molecule has 0 radical (unpaired) electrons. The van der Waals surface area contributed by atoms with E-state index in [-0.39, 0.29) is 0 Å². The standard InChI is InChI=1S/C10H18ClN/c1-8-4-9-6-12(3-2-11)7-10(9)5-8/h8-10H,2-7H2,1H3/t8?,9-,10?/m1/s1. The SMILES string of the molecule is CC1CC2CN(CCCl)C[C@H]2C1. The third-order valence-corrected chi connectivity index (χ3v) is 3.63. The maximum atomic E-state index is 5.73. The predicted octanol–water partition coefficient (Wildman–Crippen LogP) is 2.20. The maximum Gasteiger partial charge on any atom is 0.0351 e. The van der Waals surface area contributed by atoms with E-state index in [1.807, 2.05) is 0 Å². The van der Waals surface area contributed by atoms with Crippen molar-refractivity contribution in [3.63, 3.8) is 0 Å². The van der Waals surface area contributed by atoms with Crippen LogP contribution in [0, 0.1) is 17.8 Å². The Morgan fingerprint density at radius 2 is 1.83 bits per heavy atom. The van der Waals surface area contributed by atoms with Gasteiger partial charge < -0.3 is 4.90 Å². The van der Waals surface area contributed by atoms with Crippen molar-refractivity contribution >= 4 is 11.6 Å². The smallest absolute Gasteiger partial charge is 0.0351 e. The highest BCUT2D eigenvalue weighted by molar-refractivity contribution is 6.18. The fraction of sp³-hybridized carbons (Fsp3) is 1.00. The Morgan fingerprint density at radius 3 is 2.33 bits per heavy atom. The van der Waals surface area contributed by atoms with Crippen molar-refractivity contribution in [1.29, 1.82) is 0 Å². The number of nitrogens with zero attached hydrogens (tertiary/aromatic N) is 1. The largest absolute Gasteiger partial charge is 0.302 e. The summed E-state index contributed by atoms with van der Waals surface area (Å²) in [4.78, 5) is 2.54. The summed E-state index contributed by atoms with van der Waals surface area (Å²) in [6.45, 7) is 6.14. The second kappa shape index (κ2) is 3.55. The van der Waals surface area contributed by atoms with Crippen molar-refractivity contribution in [2.75, 3.05) is 25.5 Å². The van der Waals surface area contributed by atoms with Crippen LogP contribution in [0.4, 0.5) is 0 Å². The monoisotopic (exact) mass is 187 g/mol. The molecule has 12 heavy (non-hydrogen) atoms. The van der Waals surface area contributed by atoms with E-state index in [2.05, 4.69) is 11.8 Å². The predicted molar refractivity (Wildman–Crippen MR) is 52.5 cm³/mol. The van der Waals surface area contributed by atoms with E-state index >= 15 is 0 Å². The Kier molecular flexibility index (Phi) is 2.61. The number of alkyl halides is 1. The highest BCUT2D eigenvalue weighted by Gasteiger charge is 2.38. The lowest BCUT2D eigenvalue weighted by Crippen LogP contribution is -2.24. The summed E-state index contributed by atoms with van der Waals surface area (Å²) >= 11 is 5.73. The Bertz CT molecular complexity index is 146. The molecule has 0 N–H and O–H groups in total. The maximum absolute atomic E-state index is 5.73. The van der Waals surface area contributed by atoms with Gasteiger partial charge in [0.05, 0.1) is 0 Å². The molecular weight excluding hydrogens is 170 g/mol. The van der Waals surface area contributed by atoms with E-state index in [1.54, 1.807) is 0 Å². The van der Waals surface area contributed by atoms with Crippen molar-refractivity contribution in [1.82, 2.24) is 4.90 Å². The van der Waals surface area contributed by atoms with Crippen LogP contribution in [-0.2, 0) is 0 Å². The second-order valence-electron chi connectivity index (χ2n) is 4.55. The minimum atomic E-state index is 0.801. The van der Waals surface area contributed by atoms with Crippen molar-refractivity contribution in [3.05, 3.63) is 0 Å². The Labute approximate surface area is 80.1 Å². The van der Waals surface area contributed by atoms with Gasteiger partial charge in [0.1, 0.15) is 0 Å². The fourth-order valence-corrected chi connectivity index (χ4v) is 3.24. The summed E-state index contributed by atoms with van der Waals surface area (Å²) < 4.78 is 0. The fourth-order valence-electron chi connectivity index (χ4n) is 3.00. The number of halogens is 1. The number of rotatable bonds is 2. The molecule has 0 aromatic rings. The zero-order chi connectivity index (χ0) is 8.55. The molecule has 0 amide bonds. The second-order valence-corrected chi connectivity index (χ2v) is 4.92. The van der Waals surface area contributed by atoms with Crippen molar-refractivity contribution in [2.24, 2.45) is 17.8 Å². The molecule has 2 fully saturated rings. The van der Waals surface area contributed by atoms with Gasteiger partial charge in [-0.3, -0.25) is 0 Å². The average molecular weight is 188 g/mol. The highest BCUT2D eigenvalue weighted by atomic mass is 35.5. The van der Waals surface area contributed by atoms with Gasteiger partial charge in [0.15, 0.2) is 0 Å². The molecule has 3 atom stereocenters. The van der Waals surface area contributed by atoms with Gasteiger partial charge in [0.25, 0.3) is 0 Å². The Morgan fingerprint density at radius 1 is 1.25 bits per heavy atom. The van der Waals surface area contributed by atoms with E-state index in [0.29, 0.717) is 0 Å². The van der Waals surface area contributed by atoms with Gasteiger partial charge >= 0.3 is 0 Å². The lowest BCUT2D eigenvalue weighted by atomic mass is 10.0. The number of likely N-dealkylation sites (tertiary alicyclic amines) is 1. The lowest BCUT2D eigenvalue weighted by Gasteiger charge is -2.15. The van der Waals surface area contributed by atoms with Crippen molar-refractivity contribution in [3.8, 4) is 0 Å². The first-order valence-corrected chi connectivity index (χ1v) is 5.61. The molecule has 1 aliphatic heterocycles. The minimum absolute atomic E-state index is 0.801. The number of hydrogen-bond acceptors (Lipinski definition) is 1.